The van der Waals surface area contributed by atoms with E-state index in [1.165, 1.54) is 61.8 Å². The largest absolute Gasteiger partial charge is 0.586 e. The van der Waals surface area contributed by atoms with Gasteiger partial charge in [-0.05, 0) is 55.0 Å². The Bertz CT molecular complexity index is 3390. The lowest BCUT2D eigenvalue weighted by Crippen LogP contribution is -2.54. The van der Waals surface area contributed by atoms with Gasteiger partial charge in [-0.1, -0.05) is 29.8 Å². The molecular formula is C55H62ClF2N11O16S. The molecule has 5 amide bonds. The number of pyridine rings is 1. The summed E-state index contributed by atoms with van der Waals surface area (Å²) in [4.78, 5) is 85.7. The average Bonchev–Trinajstić information content (AvgIpc) is 2.15. The van der Waals surface area contributed by atoms with Gasteiger partial charge < -0.3 is 63.5 Å². The number of rotatable bonds is 31. The van der Waals surface area contributed by atoms with Crippen molar-refractivity contribution in [3.8, 4) is 23.3 Å². The van der Waals surface area contributed by atoms with E-state index in [4.69, 9.17) is 54.2 Å². The van der Waals surface area contributed by atoms with Crippen molar-refractivity contribution in [2.75, 3.05) is 141 Å². The Morgan fingerprint density at radius 3 is 2.21 bits per heavy atom. The highest BCUT2D eigenvalue weighted by atomic mass is 35.5. The monoisotopic (exact) mass is 1240 g/mol. The zero-order valence-electron chi connectivity index (χ0n) is 46.7. The molecule has 31 heteroatoms. The second-order valence-corrected chi connectivity index (χ2v) is 21.9. The molecule has 6 heterocycles. The summed E-state index contributed by atoms with van der Waals surface area (Å²) in [6.45, 7) is 6.38. The zero-order valence-corrected chi connectivity index (χ0v) is 48.3. The van der Waals surface area contributed by atoms with Crippen LogP contribution in [0.4, 0.5) is 32.1 Å². The Kier molecular flexibility index (Phi) is 21.1. The zero-order chi connectivity index (χ0) is 60.8. The van der Waals surface area contributed by atoms with Crippen LogP contribution in [-0.4, -0.2) is 205 Å². The molecule has 2 saturated heterocycles. The lowest BCUT2D eigenvalue weighted by molar-refractivity contribution is -0.287. The number of methoxy groups -OCH3 is 1. The topological polar surface area (TPSA) is 312 Å². The van der Waals surface area contributed by atoms with Crippen molar-refractivity contribution in [2.24, 2.45) is 0 Å². The highest BCUT2D eigenvalue weighted by Gasteiger charge is 2.47. The highest BCUT2D eigenvalue weighted by molar-refractivity contribution is 7.90. The summed E-state index contributed by atoms with van der Waals surface area (Å²) < 4.78 is 103. The van der Waals surface area contributed by atoms with Crippen molar-refractivity contribution in [1.29, 1.82) is 0 Å². The van der Waals surface area contributed by atoms with E-state index in [0.29, 0.717) is 97.2 Å². The van der Waals surface area contributed by atoms with Crippen LogP contribution >= 0.6 is 11.6 Å². The van der Waals surface area contributed by atoms with Crippen molar-refractivity contribution in [1.82, 2.24) is 40.4 Å². The minimum Gasteiger partial charge on any atom is -0.483 e. The summed E-state index contributed by atoms with van der Waals surface area (Å²) in [5.41, 5.74) is 0.935. The maximum absolute atomic E-state index is 14.4. The van der Waals surface area contributed by atoms with E-state index < -0.39 is 64.4 Å². The standard InChI is InChI=1S/C55H62ClF2N11O16S/c1-77-54-65-52(62-39-32-34(86(2,75)76)11-12-38(39)61-46(47-37(56)8-5-15-60-47)36-7-4-10-42-48(36)85-55(57,58)84-42)64-53(66-54)68-19-17-67(18-20-68)21-23-79-25-27-81-29-31-82-30-28-80-26-24-78-22-16-59-44(71)33-83-41-9-3-6-35-45(41)51(74)69(50(35)73)40-13-14-43(70)63-49(40)72/h3-12,15,32,40,46,61H,13-14,16-31,33H2,1-2H3,(H,59,71)(H,63,70,72)(H,62,64,65,66)/t40?,46-/m0/s1. The molecule has 2 atom stereocenters. The third-order valence-electron chi connectivity index (χ3n) is 13.6. The van der Waals surface area contributed by atoms with Crippen LogP contribution in [0.2, 0.25) is 5.02 Å². The number of sulfone groups is 1. The van der Waals surface area contributed by atoms with E-state index in [9.17, 15) is 41.2 Å². The molecule has 4 aliphatic rings. The summed E-state index contributed by atoms with van der Waals surface area (Å²) in [6.07, 6.45) is -1.36. The number of ether oxygens (including phenoxy) is 9. The molecule has 4 aliphatic heterocycles. The molecule has 2 aromatic heterocycles. The Hall–Kier alpha value is -7.97. The molecule has 0 spiro atoms. The number of piperazine rings is 1. The van der Waals surface area contributed by atoms with Crippen LogP contribution in [0.1, 0.15) is 50.9 Å². The van der Waals surface area contributed by atoms with Crippen molar-refractivity contribution < 1.29 is 83.8 Å². The fraction of sp³-hybridized carbons (Fsp3) is 0.436. The van der Waals surface area contributed by atoms with Crippen molar-refractivity contribution in [3.63, 3.8) is 0 Å². The van der Waals surface area contributed by atoms with Crippen molar-refractivity contribution >= 4 is 74.2 Å². The van der Waals surface area contributed by atoms with Crippen LogP contribution in [-0.2, 0) is 47.9 Å². The molecule has 4 N–H and O–H groups in total. The number of aromatic nitrogens is 4. The third kappa shape index (κ3) is 16.1. The van der Waals surface area contributed by atoms with Crippen molar-refractivity contribution in [2.45, 2.75) is 36.1 Å². The molecule has 27 nitrogen and oxygen atoms in total. The summed E-state index contributed by atoms with van der Waals surface area (Å²) in [6, 6.07) is 14.1. The van der Waals surface area contributed by atoms with Gasteiger partial charge >= 0.3 is 12.3 Å². The number of amides is 5. The summed E-state index contributed by atoms with van der Waals surface area (Å²) in [7, 11) is -2.33. The number of halogens is 3. The molecule has 86 heavy (non-hydrogen) atoms. The Balaban J connectivity index is 0.626. The number of hydrogen-bond acceptors (Lipinski definition) is 24. The minimum absolute atomic E-state index is 0.00719. The van der Waals surface area contributed by atoms with E-state index in [-0.39, 0.29) is 99.8 Å². The number of nitrogens with one attached hydrogen (secondary N) is 4. The first kappa shape index (κ1) is 62.6. The number of alkyl halides is 2. The predicted molar refractivity (Wildman–Crippen MR) is 301 cm³/mol. The fourth-order valence-electron chi connectivity index (χ4n) is 9.42. The number of nitrogens with zero attached hydrogens (tertiary/aromatic N) is 7. The number of anilines is 4. The first-order chi connectivity index (χ1) is 41.5. The molecule has 0 bridgehead atoms. The molecule has 9 rings (SSSR count). The molecule has 0 aliphatic carbocycles. The van der Waals surface area contributed by atoms with E-state index in [2.05, 4.69) is 46.1 Å². The van der Waals surface area contributed by atoms with Gasteiger partial charge in [0, 0.05) is 63.7 Å². The molecule has 5 aromatic rings. The van der Waals surface area contributed by atoms with Crippen molar-refractivity contribution in [3.05, 3.63) is 100 Å². The van der Waals surface area contributed by atoms with E-state index in [1.54, 1.807) is 18.2 Å². The first-order valence-electron chi connectivity index (χ1n) is 27.2. The molecule has 0 saturated carbocycles. The second kappa shape index (κ2) is 28.9. The van der Waals surface area contributed by atoms with Crippen LogP contribution in [0.25, 0.3) is 0 Å². The second-order valence-electron chi connectivity index (χ2n) is 19.5. The normalized spacial score (nSPS) is 16.9. The summed E-state index contributed by atoms with van der Waals surface area (Å²) >= 11 is 6.64. The number of carbonyl (C=O) groups is 5. The number of fused-ring (bicyclic) bond motifs is 2. The van der Waals surface area contributed by atoms with Gasteiger partial charge in [0.1, 0.15) is 11.8 Å². The molecular weight excluding hydrogens is 1180 g/mol. The Morgan fingerprint density at radius 1 is 0.826 bits per heavy atom. The maximum atomic E-state index is 14.4. The first-order valence-corrected chi connectivity index (χ1v) is 29.5. The average molecular weight is 1240 g/mol. The molecule has 0 radical (unpaired) electrons. The van der Waals surface area contributed by atoms with Gasteiger partial charge in [0.2, 0.25) is 23.7 Å². The van der Waals surface area contributed by atoms with Crippen LogP contribution in [0.3, 0.4) is 0 Å². The van der Waals surface area contributed by atoms with Gasteiger partial charge in [0.15, 0.2) is 27.9 Å². The number of benzene rings is 3. The van der Waals surface area contributed by atoms with E-state index >= 15 is 0 Å². The van der Waals surface area contributed by atoms with Gasteiger partial charge in [0.25, 0.3) is 17.7 Å². The number of carbonyl (C=O) groups excluding carboxylic acids is 5. The van der Waals surface area contributed by atoms with Gasteiger partial charge in [-0.3, -0.25) is 44.1 Å². The number of hydrogen-bond donors (Lipinski definition) is 4. The molecule has 1 unspecified atom stereocenters. The number of imide groups is 2. The smallest absolute Gasteiger partial charge is 0.483 e. The third-order valence-corrected chi connectivity index (χ3v) is 15.1. The fourth-order valence-corrected chi connectivity index (χ4v) is 10.3. The van der Waals surface area contributed by atoms with Gasteiger partial charge in [0.05, 0.1) is 117 Å². The Morgan fingerprint density at radius 2 is 1.52 bits per heavy atom. The molecule has 3 aromatic carbocycles. The Labute approximate surface area is 497 Å². The molecule has 2 fully saturated rings. The lowest BCUT2D eigenvalue weighted by atomic mass is 10.0. The number of piperidine rings is 1. The van der Waals surface area contributed by atoms with Crippen LogP contribution < -0.4 is 45.1 Å². The van der Waals surface area contributed by atoms with Gasteiger partial charge in [-0.25, -0.2) is 8.42 Å². The van der Waals surface area contributed by atoms with E-state index in [1.807, 2.05) is 4.90 Å². The van der Waals surface area contributed by atoms with Crippen LogP contribution in [0.5, 0.6) is 23.3 Å². The maximum Gasteiger partial charge on any atom is 0.586 e. The quantitative estimate of drug-likeness (QED) is 0.0365. The SMILES string of the molecule is COc1nc(Nc2cc(S(C)(=O)=O)ccc2N[C@@H](c2cccc3c2OC(F)(F)O3)c2ncccc2Cl)nc(N2CCN(CCOCCOCCOCCOCCOCCNC(=O)COc3cccc4c3C(=O)N(C3CCC(=O)NC3=O)C4=O)CC2)n1. The number of para-hydroxylation sites is 1. The van der Waals surface area contributed by atoms with E-state index in [0.717, 1.165) is 11.2 Å². The molecule has 460 valence electrons. The van der Waals surface area contributed by atoms with Gasteiger partial charge in [-0.15, -0.1) is 8.78 Å². The highest BCUT2D eigenvalue weighted by Crippen LogP contribution is 2.48. The lowest BCUT2D eigenvalue weighted by Gasteiger charge is -2.34. The van der Waals surface area contributed by atoms with Crippen LogP contribution in [0.15, 0.2) is 77.8 Å². The van der Waals surface area contributed by atoms with Crippen LogP contribution in [0, 0.1) is 0 Å². The summed E-state index contributed by atoms with van der Waals surface area (Å²) in [5, 5.41) is 11.4. The van der Waals surface area contributed by atoms with Gasteiger partial charge in [-0.2, -0.15) is 15.0 Å². The predicted octanol–water partition coefficient (Wildman–Crippen LogP) is 3.40. The minimum atomic E-state index is -3.92. The summed E-state index contributed by atoms with van der Waals surface area (Å²) in [5.74, 6) is -3.18.